The molecule has 0 saturated heterocycles. The van der Waals surface area contributed by atoms with Crippen LogP contribution in [0.15, 0.2) is 6.07 Å². The van der Waals surface area contributed by atoms with Gasteiger partial charge in [-0.05, 0) is 20.3 Å². The molecule has 6 heteroatoms. The fourth-order valence-corrected chi connectivity index (χ4v) is 1.37. The lowest BCUT2D eigenvalue weighted by Gasteiger charge is -2.14. The largest absolute Gasteiger partial charge is 0.481 e. The molecule has 1 aromatic rings. The number of carbonyl (C=O) groups excluding carboxylic acids is 1. The summed E-state index contributed by atoms with van der Waals surface area (Å²) in [6, 6.07) is 1.34. The highest BCUT2D eigenvalue weighted by atomic mass is 16.5. The van der Waals surface area contributed by atoms with E-state index in [0.29, 0.717) is 18.4 Å². The van der Waals surface area contributed by atoms with Gasteiger partial charge >= 0.3 is 0 Å². The highest BCUT2D eigenvalue weighted by Crippen LogP contribution is 2.11. The number of hydrogen-bond acceptors (Lipinski definition) is 5. The van der Waals surface area contributed by atoms with Crippen LogP contribution in [0, 0.1) is 6.92 Å². The molecule has 0 saturated carbocycles. The first kappa shape index (κ1) is 14.2. The van der Waals surface area contributed by atoms with Crippen molar-refractivity contribution >= 4 is 11.9 Å². The van der Waals surface area contributed by atoms with Crippen molar-refractivity contribution in [3.05, 3.63) is 11.8 Å². The first-order valence-corrected chi connectivity index (χ1v) is 6.00. The van der Waals surface area contributed by atoms with Crippen LogP contribution in [-0.4, -0.2) is 35.6 Å². The van der Waals surface area contributed by atoms with E-state index in [0.717, 1.165) is 12.1 Å². The maximum Gasteiger partial charge on any atom is 0.242 e. The standard InChI is InChI=1S/C12H20N4O2/c1-5-6-13-11(17)9(3)15-12-14-8(2)7-10(16-12)18-4/h7,9H,5-6H2,1-4H3,(H,13,17)(H,14,15,16). The topological polar surface area (TPSA) is 76.1 Å². The van der Waals surface area contributed by atoms with Crippen molar-refractivity contribution in [2.45, 2.75) is 33.2 Å². The Hall–Kier alpha value is -1.85. The molecular formula is C12H20N4O2. The van der Waals surface area contributed by atoms with Crippen LogP contribution in [0.2, 0.25) is 0 Å². The molecule has 0 spiro atoms. The monoisotopic (exact) mass is 252 g/mol. The van der Waals surface area contributed by atoms with E-state index >= 15 is 0 Å². The van der Waals surface area contributed by atoms with E-state index in [4.69, 9.17) is 4.74 Å². The van der Waals surface area contributed by atoms with Gasteiger partial charge in [-0.3, -0.25) is 4.79 Å². The van der Waals surface area contributed by atoms with Gasteiger partial charge in [0.25, 0.3) is 0 Å². The molecule has 1 unspecified atom stereocenters. The summed E-state index contributed by atoms with van der Waals surface area (Å²) in [6.07, 6.45) is 0.910. The fraction of sp³-hybridized carbons (Fsp3) is 0.583. The first-order chi connectivity index (χ1) is 8.56. The van der Waals surface area contributed by atoms with Gasteiger partial charge in [0.1, 0.15) is 6.04 Å². The van der Waals surface area contributed by atoms with Crippen molar-refractivity contribution < 1.29 is 9.53 Å². The minimum absolute atomic E-state index is 0.0686. The number of nitrogens with zero attached hydrogens (tertiary/aromatic N) is 2. The molecule has 0 bridgehead atoms. The van der Waals surface area contributed by atoms with E-state index in [9.17, 15) is 4.79 Å². The molecule has 0 radical (unpaired) electrons. The van der Waals surface area contributed by atoms with Crippen LogP contribution in [0.1, 0.15) is 26.0 Å². The molecular weight excluding hydrogens is 232 g/mol. The summed E-state index contributed by atoms with van der Waals surface area (Å²) in [4.78, 5) is 20.0. The van der Waals surface area contributed by atoms with E-state index in [1.54, 1.807) is 20.1 Å². The van der Waals surface area contributed by atoms with E-state index < -0.39 is 0 Å². The number of aryl methyl sites for hydroxylation is 1. The van der Waals surface area contributed by atoms with Gasteiger partial charge in [0.05, 0.1) is 7.11 Å². The van der Waals surface area contributed by atoms with Crippen LogP contribution < -0.4 is 15.4 Å². The van der Waals surface area contributed by atoms with Crippen LogP contribution in [0.5, 0.6) is 5.88 Å². The second kappa shape index (κ2) is 6.78. The number of amides is 1. The zero-order valence-electron chi connectivity index (χ0n) is 11.3. The van der Waals surface area contributed by atoms with E-state index in [1.807, 2.05) is 13.8 Å². The van der Waals surface area contributed by atoms with E-state index in [-0.39, 0.29) is 11.9 Å². The Bertz CT molecular complexity index is 409. The minimum Gasteiger partial charge on any atom is -0.481 e. The first-order valence-electron chi connectivity index (χ1n) is 6.00. The van der Waals surface area contributed by atoms with E-state index in [2.05, 4.69) is 20.6 Å². The van der Waals surface area contributed by atoms with Gasteiger partial charge in [-0.25, -0.2) is 4.98 Å². The Morgan fingerprint density at radius 3 is 2.83 bits per heavy atom. The molecule has 0 aromatic carbocycles. The van der Waals surface area contributed by atoms with Gasteiger partial charge in [-0.2, -0.15) is 4.98 Å². The van der Waals surface area contributed by atoms with Crippen molar-refractivity contribution in [3.8, 4) is 5.88 Å². The number of aromatic nitrogens is 2. The van der Waals surface area contributed by atoms with Gasteiger partial charge in [-0.15, -0.1) is 0 Å². The summed E-state index contributed by atoms with van der Waals surface area (Å²) in [5.41, 5.74) is 0.783. The Kier molecular flexibility index (Phi) is 5.35. The molecule has 1 amide bonds. The Morgan fingerprint density at radius 1 is 1.50 bits per heavy atom. The smallest absolute Gasteiger partial charge is 0.242 e. The van der Waals surface area contributed by atoms with Gasteiger partial charge < -0.3 is 15.4 Å². The second-order valence-electron chi connectivity index (χ2n) is 4.03. The average Bonchev–Trinajstić information content (AvgIpc) is 2.34. The van der Waals surface area contributed by atoms with Gasteiger partial charge in [-0.1, -0.05) is 6.92 Å². The normalized spacial score (nSPS) is 11.8. The summed E-state index contributed by atoms with van der Waals surface area (Å²) in [5, 5.41) is 5.76. The molecule has 1 atom stereocenters. The molecule has 0 aliphatic heterocycles. The summed E-state index contributed by atoms with van der Waals surface area (Å²) in [5.74, 6) is 0.804. The minimum atomic E-state index is -0.386. The summed E-state index contributed by atoms with van der Waals surface area (Å²) >= 11 is 0. The SMILES string of the molecule is CCCNC(=O)C(C)Nc1nc(C)cc(OC)n1. The van der Waals surface area contributed by atoms with Crippen molar-refractivity contribution in [2.24, 2.45) is 0 Å². The molecule has 0 aliphatic carbocycles. The predicted octanol–water partition coefficient (Wildman–Crippen LogP) is 1.12. The fourth-order valence-electron chi connectivity index (χ4n) is 1.37. The molecule has 100 valence electrons. The molecule has 2 N–H and O–H groups in total. The van der Waals surface area contributed by atoms with Crippen molar-refractivity contribution in [3.63, 3.8) is 0 Å². The van der Waals surface area contributed by atoms with Gasteiger partial charge in [0, 0.05) is 18.3 Å². The number of methoxy groups -OCH3 is 1. The summed E-state index contributed by atoms with van der Waals surface area (Å²) < 4.78 is 5.05. The quantitative estimate of drug-likeness (QED) is 0.793. The second-order valence-corrected chi connectivity index (χ2v) is 4.03. The maximum absolute atomic E-state index is 11.7. The summed E-state index contributed by atoms with van der Waals surface area (Å²) in [6.45, 7) is 6.29. The number of ether oxygens (including phenoxy) is 1. The molecule has 0 aliphatic rings. The zero-order chi connectivity index (χ0) is 13.5. The highest BCUT2D eigenvalue weighted by Gasteiger charge is 2.13. The van der Waals surface area contributed by atoms with Gasteiger partial charge in [0.15, 0.2) is 0 Å². The third kappa shape index (κ3) is 4.20. The van der Waals surface area contributed by atoms with Crippen LogP contribution in [-0.2, 0) is 4.79 Å². The van der Waals surface area contributed by atoms with E-state index in [1.165, 1.54) is 0 Å². The van der Waals surface area contributed by atoms with Crippen LogP contribution in [0.3, 0.4) is 0 Å². The molecule has 1 aromatic heterocycles. The lowest BCUT2D eigenvalue weighted by Crippen LogP contribution is -2.38. The molecule has 0 fully saturated rings. The number of nitrogens with one attached hydrogen (secondary N) is 2. The Balaban J connectivity index is 2.66. The van der Waals surface area contributed by atoms with Crippen LogP contribution in [0.25, 0.3) is 0 Å². The third-order valence-corrected chi connectivity index (χ3v) is 2.33. The van der Waals surface area contributed by atoms with Crippen LogP contribution in [0.4, 0.5) is 5.95 Å². The Morgan fingerprint density at radius 2 is 2.22 bits per heavy atom. The summed E-state index contributed by atoms with van der Waals surface area (Å²) in [7, 11) is 1.54. The lowest BCUT2D eigenvalue weighted by molar-refractivity contribution is -0.121. The molecule has 6 nitrogen and oxygen atoms in total. The average molecular weight is 252 g/mol. The highest BCUT2D eigenvalue weighted by molar-refractivity contribution is 5.83. The van der Waals surface area contributed by atoms with Crippen molar-refractivity contribution in [1.82, 2.24) is 15.3 Å². The molecule has 1 rings (SSSR count). The molecule has 18 heavy (non-hydrogen) atoms. The zero-order valence-corrected chi connectivity index (χ0v) is 11.3. The van der Waals surface area contributed by atoms with Crippen molar-refractivity contribution in [1.29, 1.82) is 0 Å². The third-order valence-electron chi connectivity index (χ3n) is 2.33. The van der Waals surface area contributed by atoms with Crippen LogP contribution >= 0.6 is 0 Å². The Labute approximate surface area is 107 Å². The number of rotatable bonds is 6. The maximum atomic E-state index is 11.7. The number of anilines is 1. The number of hydrogen-bond donors (Lipinski definition) is 2. The van der Waals surface area contributed by atoms with Gasteiger partial charge in [0.2, 0.25) is 17.7 Å². The van der Waals surface area contributed by atoms with Crippen molar-refractivity contribution in [2.75, 3.05) is 19.0 Å². The lowest BCUT2D eigenvalue weighted by atomic mass is 10.3. The molecule has 1 heterocycles. The number of carbonyl (C=O) groups is 1. The predicted molar refractivity (Wildman–Crippen MR) is 69.7 cm³/mol.